The highest BCUT2D eigenvalue weighted by atomic mass is 16.5. The lowest BCUT2D eigenvalue weighted by Gasteiger charge is -2.26. The van der Waals surface area contributed by atoms with Gasteiger partial charge in [-0.05, 0) is 180 Å². The molecule has 9 aromatic carbocycles. The van der Waals surface area contributed by atoms with Gasteiger partial charge in [0.1, 0.15) is 51.7 Å². The number of imide groups is 3. The van der Waals surface area contributed by atoms with Gasteiger partial charge in [0.15, 0.2) is 0 Å². The van der Waals surface area contributed by atoms with E-state index < -0.39 is 29.0 Å². The second kappa shape index (κ2) is 21.0. The molecule has 6 amide bonds. The Morgan fingerprint density at radius 3 is 0.819 bits per heavy atom. The maximum Gasteiger partial charge on any atom is 0.266 e. The van der Waals surface area contributed by atoms with Gasteiger partial charge in [0.05, 0.1) is 46.4 Å². The molecule has 3 aliphatic heterocycles. The predicted octanol–water partition coefficient (Wildman–Crippen LogP) is 14.5. The van der Waals surface area contributed by atoms with E-state index in [1.165, 1.54) is 12.2 Å². The summed E-state index contributed by atoms with van der Waals surface area (Å²) in [6.07, 6.45) is 2.50. The van der Waals surface area contributed by atoms with E-state index in [9.17, 15) is 28.8 Å². The number of hydrogen-bond donors (Lipinski definition) is 0. The molecule has 0 saturated heterocycles. The van der Waals surface area contributed by atoms with Gasteiger partial charge in [0.2, 0.25) is 0 Å². The highest BCUT2D eigenvalue weighted by molar-refractivity contribution is 6.35. The first-order valence-corrected chi connectivity index (χ1v) is 26.6. The minimum atomic E-state index is -0.464. The summed E-state index contributed by atoms with van der Waals surface area (Å²) < 4.78 is 29.9. The van der Waals surface area contributed by atoms with Crippen molar-refractivity contribution in [2.45, 2.75) is 38.5 Å². The van der Waals surface area contributed by atoms with Crippen LogP contribution >= 0.6 is 0 Å². The normalized spacial score (nSPS) is 13.9. The Balaban J connectivity index is 0.637. The molecule has 0 radical (unpaired) electrons. The number of anilines is 3. The largest absolute Gasteiger partial charge is 0.497 e. The van der Waals surface area contributed by atoms with Gasteiger partial charge in [-0.25, -0.2) is 14.7 Å². The third-order valence-electron chi connectivity index (χ3n) is 15.3. The molecule has 3 heterocycles. The van der Waals surface area contributed by atoms with Crippen LogP contribution < -0.4 is 38.4 Å². The molecule has 0 aromatic heterocycles. The molecule has 408 valence electrons. The van der Waals surface area contributed by atoms with Crippen LogP contribution in [0.25, 0.3) is 0 Å². The maximum absolute atomic E-state index is 13.9. The third kappa shape index (κ3) is 10.0. The minimum Gasteiger partial charge on any atom is -0.497 e. The quantitative estimate of drug-likeness (QED) is 0.0848. The average molecular weight is 1100 g/mol. The number of rotatable bonds is 16. The topological polar surface area (TPSA) is 158 Å². The van der Waals surface area contributed by atoms with Gasteiger partial charge in [0.25, 0.3) is 35.4 Å². The molecule has 0 bridgehead atoms. The number of fused-ring (bicyclic) bond motifs is 2. The van der Waals surface area contributed by atoms with E-state index in [1.54, 1.807) is 116 Å². The summed E-state index contributed by atoms with van der Waals surface area (Å²) >= 11 is 0. The zero-order valence-electron chi connectivity index (χ0n) is 45.6. The molecule has 14 nitrogen and oxygen atoms in total. The summed E-state index contributed by atoms with van der Waals surface area (Å²) in [6.45, 7) is 8.50. The first kappa shape index (κ1) is 52.8. The molecular weight excluding hydrogens is 1050 g/mol. The van der Waals surface area contributed by atoms with E-state index in [4.69, 9.17) is 23.7 Å². The summed E-state index contributed by atoms with van der Waals surface area (Å²) in [4.78, 5) is 81.6. The van der Waals surface area contributed by atoms with Crippen LogP contribution in [0.3, 0.4) is 0 Å². The average Bonchev–Trinajstić information content (AvgIpc) is 4.22. The van der Waals surface area contributed by atoms with E-state index in [-0.39, 0.29) is 33.9 Å². The van der Waals surface area contributed by atoms with Crippen molar-refractivity contribution in [3.8, 4) is 51.7 Å². The summed E-state index contributed by atoms with van der Waals surface area (Å²) in [5.74, 6) is 2.40. The van der Waals surface area contributed by atoms with Crippen LogP contribution in [0.2, 0.25) is 0 Å². The van der Waals surface area contributed by atoms with E-state index >= 15 is 0 Å². The maximum atomic E-state index is 13.9. The molecular formula is C69H51N3O11. The van der Waals surface area contributed by atoms with Crippen molar-refractivity contribution in [2.24, 2.45) is 0 Å². The molecule has 0 saturated carbocycles. The van der Waals surface area contributed by atoms with Crippen LogP contribution in [-0.2, 0) is 20.4 Å². The van der Waals surface area contributed by atoms with Crippen LogP contribution in [0.5, 0.6) is 51.7 Å². The van der Waals surface area contributed by atoms with Crippen LogP contribution in [0.1, 0.15) is 91.4 Å². The standard InChI is InChI=1S/C69H51N3O11/c1-68(2,42-6-20-50(21-7-42)80-54-30-16-46(17-31-54)70-62(73)38-39-63(70)74)43-8-22-51(23-9-43)81-55-32-18-48(19-33-55)72-65(76)59-37-35-57(41-61(59)67(72)78)83-53-26-12-45(13-27-53)69(3,4)44-10-24-52(25-11-44)82-56-34-36-58-60(40-56)66(77)71(64(58)75)47-14-28-49(79-5)29-15-47/h6-41H,1-5H3. The Hall–Kier alpha value is -10.9. The van der Waals surface area contributed by atoms with Crippen molar-refractivity contribution in [1.29, 1.82) is 0 Å². The Morgan fingerprint density at radius 1 is 0.277 bits per heavy atom. The van der Waals surface area contributed by atoms with Gasteiger partial charge in [-0.1, -0.05) is 76.2 Å². The van der Waals surface area contributed by atoms with Crippen LogP contribution in [-0.4, -0.2) is 42.6 Å². The zero-order valence-corrected chi connectivity index (χ0v) is 45.6. The number of hydrogen-bond acceptors (Lipinski definition) is 11. The Labute approximate surface area is 477 Å². The van der Waals surface area contributed by atoms with E-state index in [0.29, 0.717) is 74.4 Å². The third-order valence-corrected chi connectivity index (χ3v) is 15.3. The molecule has 0 N–H and O–H groups in total. The van der Waals surface area contributed by atoms with Gasteiger partial charge in [-0.3, -0.25) is 28.8 Å². The SMILES string of the molecule is COc1ccc(N2C(=O)c3ccc(Oc4ccc(C(C)(C)c5ccc(Oc6ccc7c(c6)C(=O)N(c6ccc(Oc8ccc(C(C)(C)c9ccc(Oc%10ccc(N%11C(=O)C=CC%11=O)cc%10)cc9)cc8)cc6)C7=O)cc5)cc4)cc3C2=O)cc1. The van der Waals surface area contributed by atoms with Gasteiger partial charge in [-0.15, -0.1) is 0 Å². The van der Waals surface area contributed by atoms with Crippen molar-refractivity contribution in [1.82, 2.24) is 0 Å². The number of benzene rings is 9. The second-order valence-corrected chi connectivity index (χ2v) is 21.1. The summed E-state index contributed by atoms with van der Waals surface area (Å²) in [7, 11) is 1.55. The zero-order chi connectivity index (χ0) is 57.7. The van der Waals surface area contributed by atoms with Crippen molar-refractivity contribution in [3.05, 3.63) is 263 Å². The fraction of sp³-hybridized carbons (Fsp3) is 0.101. The number of carbonyl (C=O) groups excluding carboxylic acids is 6. The fourth-order valence-corrected chi connectivity index (χ4v) is 10.4. The van der Waals surface area contributed by atoms with Crippen molar-refractivity contribution < 1.29 is 52.5 Å². The summed E-state index contributed by atoms with van der Waals surface area (Å²) in [5.41, 5.74) is 5.79. The lowest BCUT2D eigenvalue weighted by atomic mass is 9.78. The summed E-state index contributed by atoms with van der Waals surface area (Å²) in [6, 6.07) is 61.1. The number of nitrogens with zero attached hydrogens (tertiary/aromatic N) is 3. The highest BCUT2D eigenvalue weighted by Gasteiger charge is 2.39. The van der Waals surface area contributed by atoms with Crippen LogP contribution in [0.15, 0.2) is 218 Å². The molecule has 0 fully saturated rings. The highest BCUT2D eigenvalue weighted by Crippen LogP contribution is 2.40. The number of ether oxygens (including phenoxy) is 5. The second-order valence-electron chi connectivity index (χ2n) is 21.1. The Morgan fingerprint density at radius 2 is 0.518 bits per heavy atom. The Bertz CT molecular complexity index is 4080. The predicted molar refractivity (Wildman–Crippen MR) is 313 cm³/mol. The lowest BCUT2D eigenvalue weighted by Crippen LogP contribution is -2.29. The number of amides is 6. The van der Waals surface area contributed by atoms with Crippen LogP contribution in [0, 0.1) is 0 Å². The molecule has 0 unspecified atom stereocenters. The summed E-state index contributed by atoms with van der Waals surface area (Å²) in [5, 5.41) is 0. The van der Waals surface area contributed by atoms with E-state index in [2.05, 4.69) is 27.7 Å². The number of carbonyl (C=O) groups is 6. The van der Waals surface area contributed by atoms with Gasteiger partial charge in [-0.2, -0.15) is 0 Å². The molecule has 0 aliphatic carbocycles. The first-order valence-electron chi connectivity index (χ1n) is 26.6. The van der Waals surface area contributed by atoms with Crippen molar-refractivity contribution >= 4 is 52.5 Å². The monoisotopic (exact) mass is 1100 g/mol. The fourth-order valence-electron chi connectivity index (χ4n) is 10.4. The molecule has 0 spiro atoms. The molecule has 0 atom stereocenters. The van der Waals surface area contributed by atoms with Gasteiger partial charge >= 0.3 is 0 Å². The minimum absolute atomic E-state index is 0.235. The van der Waals surface area contributed by atoms with Gasteiger partial charge < -0.3 is 23.7 Å². The Kier molecular flexibility index (Phi) is 13.4. The number of methoxy groups -OCH3 is 1. The van der Waals surface area contributed by atoms with Gasteiger partial charge in [0, 0.05) is 23.0 Å². The van der Waals surface area contributed by atoms with Crippen molar-refractivity contribution in [3.63, 3.8) is 0 Å². The van der Waals surface area contributed by atoms with E-state index in [1.807, 2.05) is 97.1 Å². The molecule has 3 aliphatic rings. The lowest BCUT2D eigenvalue weighted by molar-refractivity contribution is -0.120. The van der Waals surface area contributed by atoms with E-state index in [0.717, 1.165) is 37.0 Å². The first-order chi connectivity index (χ1) is 40.0. The molecule has 12 rings (SSSR count). The molecule has 9 aromatic rings. The molecule has 14 heteroatoms. The van der Waals surface area contributed by atoms with Crippen molar-refractivity contribution in [2.75, 3.05) is 21.8 Å². The molecule has 83 heavy (non-hydrogen) atoms. The smallest absolute Gasteiger partial charge is 0.266 e. The van der Waals surface area contributed by atoms with Crippen LogP contribution in [0.4, 0.5) is 17.1 Å².